The Morgan fingerprint density at radius 1 is 0.561 bits per heavy atom. The van der Waals surface area contributed by atoms with Crippen molar-refractivity contribution in [3.05, 3.63) is 85.1 Å². The second kappa shape index (κ2) is 37.2. The van der Waals surface area contributed by atoms with Crippen LogP contribution in [0.5, 0.6) is 0 Å². The number of hydrogen-bond acceptors (Lipinski definition) is 10. The molecule has 0 aromatic carbocycles. The minimum atomic E-state index is -1.61. The number of carbonyl (C=O) groups excluding carboxylic acids is 2. The Labute approximate surface area is 344 Å². The maximum atomic E-state index is 12.7. The van der Waals surface area contributed by atoms with E-state index in [0.29, 0.717) is 19.3 Å². The van der Waals surface area contributed by atoms with Gasteiger partial charge in [-0.2, -0.15) is 0 Å². The second-order valence-corrected chi connectivity index (χ2v) is 14.4. The van der Waals surface area contributed by atoms with E-state index in [9.17, 15) is 30.0 Å². The number of allylic oxidation sites excluding steroid dienone is 14. The average Bonchev–Trinajstić information content (AvgIpc) is 3.21. The number of hydrogen-bond donors (Lipinski definition) is 4. The lowest BCUT2D eigenvalue weighted by atomic mass is 9.99. The highest BCUT2D eigenvalue weighted by Crippen LogP contribution is 2.22. The summed E-state index contributed by atoms with van der Waals surface area (Å²) in [7, 11) is 0. The van der Waals surface area contributed by atoms with Crippen LogP contribution in [0.3, 0.4) is 0 Å². The van der Waals surface area contributed by atoms with E-state index in [4.69, 9.17) is 18.9 Å². The van der Waals surface area contributed by atoms with Crippen LogP contribution in [0.4, 0.5) is 0 Å². The lowest BCUT2D eigenvalue weighted by molar-refractivity contribution is -0.305. The first-order chi connectivity index (χ1) is 27.8. The van der Waals surface area contributed by atoms with Gasteiger partial charge in [-0.25, -0.2) is 0 Å². The molecule has 324 valence electrons. The SMILES string of the molecule is CC/C=C\C/C=C\C/C=C\C/C=C\C/C=C\CCCC(=O)OC(COC(=O)CCCCCCC/C=C\C/C=C\CCCCC)COC1OC(CO)C(O)C(O)C1O. The topological polar surface area (TPSA) is 152 Å². The first-order valence-electron chi connectivity index (χ1n) is 21.7. The molecule has 10 heteroatoms. The molecule has 0 amide bonds. The number of ether oxygens (including phenoxy) is 4. The van der Waals surface area contributed by atoms with Gasteiger partial charge in [0.05, 0.1) is 13.2 Å². The van der Waals surface area contributed by atoms with E-state index in [1.165, 1.54) is 19.3 Å². The molecule has 1 aliphatic heterocycles. The van der Waals surface area contributed by atoms with Gasteiger partial charge in [-0.15, -0.1) is 0 Å². The number of rotatable bonds is 34. The van der Waals surface area contributed by atoms with Crippen LogP contribution < -0.4 is 0 Å². The molecule has 0 aliphatic carbocycles. The van der Waals surface area contributed by atoms with E-state index in [2.05, 4.69) is 92.8 Å². The largest absolute Gasteiger partial charge is 0.462 e. The zero-order valence-electron chi connectivity index (χ0n) is 35.0. The Morgan fingerprint density at radius 3 is 1.61 bits per heavy atom. The number of aliphatic hydroxyl groups excluding tert-OH is 4. The average molecular weight is 801 g/mol. The van der Waals surface area contributed by atoms with E-state index >= 15 is 0 Å². The Balaban J connectivity index is 2.42. The van der Waals surface area contributed by atoms with Gasteiger partial charge in [-0.05, 0) is 83.5 Å². The van der Waals surface area contributed by atoms with Crippen LogP contribution in [-0.4, -0.2) is 89.0 Å². The van der Waals surface area contributed by atoms with E-state index in [1.807, 2.05) is 6.08 Å². The lowest BCUT2D eigenvalue weighted by Crippen LogP contribution is -2.59. The molecule has 6 unspecified atom stereocenters. The van der Waals surface area contributed by atoms with Crippen molar-refractivity contribution in [3.8, 4) is 0 Å². The predicted molar refractivity (Wildman–Crippen MR) is 228 cm³/mol. The first-order valence-corrected chi connectivity index (χ1v) is 21.7. The van der Waals surface area contributed by atoms with E-state index in [1.54, 1.807) is 0 Å². The van der Waals surface area contributed by atoms with Gasteiger partial charge in [0.15, 0.2) is 12.4 Å². The van der Waals surface area contributed by atoms with Crippen LogP contribution in [-0.2, 0) is 28.5 Å². The van der Waals surface area contributed by atoms with Crippen molar-refractivity contribution in [2.24, 2.45) is 0 Å². The molecule has 1 saturated heterocycles. The fraction of sp³-hybridized carbons (Fsp3) is 0.660. The smallest absolute Gasteiger partial charge is 0.306 e. The van der Waals surface area contributed by atoms with Crippen molar-refractivity contribution in [1.29, 1.82) is 0 Å². The molecule has 0 aromatic rings. The van der Waals surface area contributed by atoms with Crippen LogP contribution in [0.2, 0.25) is 0 Å². The van der Waals surface area contributed by atoms with Crippen LogP contribution >= 0.6 is 0 Å². The van der Waals surface area contributed by atoms with Gasteiger partial charge in [0.2, 0.25) is 0 Å². The summed E-state index contributed by atoms with van der Waals surface area (Å²) in [4.78, 5) is 25.3. The van der Waals surface area contributed by atoms with Gasteiger partial charge >= 0.3 is 11.9 Å². The summed E-state index contributed by atoms with van der Waals surface area (Å²) in [5, 5.41) is 40.0. The third kappa shape index (κ3) is 28.9. The number of carbonyl (C=O) groups is 2. The molecule has 57 heavy (non-hydrogen) atoms. The Bertz CT molecular complexity index is 1200. The van der Waals surface area contributed by atoms with E-state index in [-0.39, 0.29) is 26.1 Å². The molecule has 1 rings (SSSR count). The zero-order chi connectivity index (χ0) is 41.6. The van der Waals surface area contributed by atoms with Crippen molar-refractivity contribution < 1.29 is 49.0 Å². The summed E-state index contributed by atoms with van der Waals surface area (Å²) in [5.74, 6) is -0.900. The molecule has 1 fully saturated rings. The second-order valence-electron chi connectivity index (χ2n) is 14.4. The van der Waals surface area contributed by atoms with Gasteiger partial charge in [-0.3, -0.25) is 9.59 Å². The maximum absolute atomic E-state index is 12.7. The van der Waals surface area contributed by atoms with Crippen LogP contribution in [0.15, 0.2) is 85.1 Å². The summed E-state index contributed by atoms with van der Waals surface area (Å²) in [6, 6.07) is 0. The summed E-state index contributed by atoms with van der Waals surface area (Å²) in [5.41, 5.74) is 0. The van der Waals surface area contributed by atoms with E-state index < -0.39 is 55.4 Å². The standard InChI is InChI=1S/C47H76O10/c1-3-5-7-9-11-13-15-17-19-20-22-24-26-28-30-32-34-36-43(50)56-40(39-55-47-46(53)45(52)44(51)41(37-48)57-47)38-54-42(49)35-33-31-29-27-25-23-21-18-16-14-12-10-8-6-4-2/h5,7,11-14,17-19,21-22,24,28,30,40-41,44-48,51-53H,3-4,6,8-10,15-16,20,23,25-27,29,31-39H2,1-2H3/b7-5-,13-11-,14-12-,19-17-,21-18-,24-22-,30-28-. The number of unbranched alkanes of at least 4 members (excludes halogenated alkanes) is 9. The fourth-order valence-electron chi connectivity index (χ4n) is 5.84. The third-order valence-corrected chi connectivity index (χ3v) is 9.26. The first kappa shape index (κ1) is 51.9. The molecule has 0 bridgehead atoms. The van der Waals surface area contributed by atoms with Crippen LogP contribution in [0.25, 0.3) is 0 Å². The monoisotopic (exact) mass is 801 g/mol. The van der Waals surface area contributed by atoms with Crippen molar-refractivity contribution in [2.75, 3.05) is 19.8 Å². The molecular weight excluding hydrogens is 725 g/mol. The van der Waals surface area contributed by atoms with Crippen LogP contribution in [0.1, 0.15) is 142 Å². The highest BCUT2D eigenvalue weighted by Gasteiger charge is 2.44. The maximum Gasteiger partial charge on any atom is 0.306 e. The van der Waals surface area contributed by atoms with Crippen LogP contribution in [0, 0.1) is 0 Å². The fourth-order valence-corrected chi connectivity index (χ4v) is 5.84. The summed E-state index contributed by atoms with van der Waals surface area (Å²) >= 11 is 0. The number of aliphatic hydroxyl groups is 4. The van der Waals surface area contributed by atoms with Crippen molar-refractivity contribution in [1.82, 2.24) is 0 Å². The summed E-state index contributed by atoms with van der Waals surface area (Å²) < 4.78 is 22.1. The van der Waals surface area contributed by atoms with E-state index in [0.717, 1.165) is 77.0 Å². The van der Waals surface area contributed by atoms with Gasteiger partial charge in [0.1, 0.15) is 31.0 Å². The Hall–Kier alpha value is -3.12. The molecule has 1 aliphatic rings. The highest BCUT2D eigenvalue weighted by molar-refractivity contribution is 5.70. The highest BCUT2D eigenvalue weighted by atomic mass is 16.7. The zero-order valence-corrected chi connectivity index (χ0v) is 35.0. The quantitative estimate of drug-likeness (QED) is 0.0282. The van der Waals surface area contributed by atoms with Gasteiger partial charge in [0, 0.05) is 12.8 Å². The van der Waals surface area contributed by atoms with Gasteiger partial charge < -0.3 is 39.4 Å². The summed E-state index contributed by atoms with van der Waals surface area (Å²) in [6.07, 6.45) is 40.2. The third-order valence-electron chi connectivity index (χ3n) is 9.26. The normalized spacial score (nSPS) is 21.1. The predicted octanol–water partition coefficient (Wildman–Crippen LogP) is 8.99. The minimum absolute atomic E-state index is 0.144. The molecule has 0 saturated carbocycles. The molecule has 0 radical (unpaired) electrons. The molecule has 0 spiro atoms. The van der Waals surface area contributed by atoms with Crippen molar-refractivity contribution in [2.45, 2.75) is 179 Å². The summed E-state index contributed by atoms with van der Waals surface area (Å²) in [6.45, 7) is 3.19. The minimum Gasteiger partial charge on any atom is -0.462 e. The van der Waals surface area contributed by atoms with Crippen molar-refractivity contribution >= 4 is 11.9 Å². The molecule has 4 N–H and O–H groups in total. The van der Waals surface area contributed by atoms with Crippen molar-refractivity contribution in [3.63, 3.8) is 0 Å². The van der Waals surface area contributed by atoms with Gasteiger partial charge in [-0.1, -0.05) is 131 Å². The molecule has 6 atom stereocenters. The number of esters is 2. The molecular formula is C47H76O10. The molecule has 1 heterocycles. The molecule has 0 aromatic heterocycles. The Kier molecular flexibility index (Phi) is 33.8. The lowest BCUT2D eigenvalue weighted by Gasteiger charge is -2.39. The van der Waals surface area contributed by atoms with Gasteiger partial charge in [0.25, 0.3) is 0 Å². The Morgan fingerprint density at radius 2 is 1.05 bits per heavy atom. The molecule has 10 nitrogen and oxygen atoms in total.